The summed E-state index contributed by atoms with van der Waals surface area (Å²) >= 11 is 5.79. The number of aryl methyl sites for hydroxylation is 1. The van der Waals surface area contributed by atoms with Gasteiger partial charge in [0.05, 0.1) is 5.02 Å². The summed E-state index contributed by atoms with van der Waals surface area (Å²) in [6, 6.07) is 11.4. The minimum absolute atomic E-state index is 0.166. The van der Waals surface area contributed by atoms with E-state index in [1.54, 1.807) is 0 Å². The first-order valence-electron chi connectivity index (χ1n) is 7.69. The Bertz CT molecular complexity index is 654. The number of alkyl halides is 3. The maximum absolute atomic E-state index is 12.2. The third-order valence-electron chi connectivity index (χ3n) is 3.36. The maximum atomic E-state index is 12.2. The summed E-state index contributed by atoms with van der Waals surface area (Å²) in [4.78, 5) is 0. The van der Waals surface area contributed by atoms with Crippen molar-refractivity contribution in [1.29, 1.82) is 0 Å². The Kier molecular flexibility index (Phi) is 6.37. The third kappa shape index (κ3) is 5.96. The molecule has 0 saturated heterocycles. The van der Waals surface area contributed by atoms with Gasteiger partial charge in [-0.05, 0) is 42.7 Å². The van der Waals surface area contributed by atoms with Gasteiger partial charge in [0.2, 0.25) is 0 Å². The van der Waals surface area contributed by atoms with Crippen molar-refractivity contribution < 1.29 is 22.6 Å². The Hall–Kier alpha value is -1.88. The van der Waals surface area contributed by atoms with E-state index in [0.29, 0.717) is 11.5 Å². The van der Waals surface area contributed by atoms with Crippen LogP contribution in [0.1, 0.15) is 31.7 Å². The zero-order valence-corrected chi connectivity index (χ0v) is 14.0. The van der Waals surface area contributed by atoms with Gasteiger partial charge in [0, 0.05) is 6.07 Å². The molecular weight excluding hydrogens is 341 g/mol. The molecule has 2 nitrogen and oxygen atoms in total. The Morgan fingerprint density at radius 2 is 1.62 bits per heavy atom. The summed E-state index contributed by atoms with van der Waals surface area (Å²) in [5.41, 5.74) is 1.22. The van der Waals surface area contributed by atoms with Crippen LogP contribution in [0.4, 0.5) is 13.2 Å². The average molecular weight is 359 g/mol. The van der Waals surface area contributed by atoms with Crippen LogP contribution in [0, 0.1) is 0 Å². The molecule has 2 aromatic carbocycles. The SMILES string of the molecule is CCCCCc1ccc(Oc2ccc(OC(F)(F)F)c(Cl)c2)cc1. The number of hydrogen-bond donors (Lipinski definition) is 0. The highest BCUT2D eigenvalue weighted by atomic mass is 35.5. The van der Waals surface area contributed by atoms with Crippen molar-refractivity contribution in [1.82, 2.24) is 0 Å². The highest BCUT2D eigenvalue weighted by molar-refractivity contribution is 6.32. The van der Waals surface area contributed by atoms with Crippen LogP contribution in [0.15, 0.2) is 42.5 Å². The predicted molar refractivity (Wildman–Crippen MR) is 87.9 cm³/mol. The largest absolute Gasteiger partial charge is 0.573 e. The molecule has 0 heterocycles. The van der Waals surface area contributed by atoms with Gasteiger partial charge in [-0.1, -0.05) is 43.5 Å². The minimum Gasteiger partial charge on any atom is -0.457 e. The second-order valence-corrected chi connectivity index (χ2v) is 5.75. The molecule has 0 bridgehead atoms. The molecule has 0 aliphatic rings. The zero-order valence-electron chi connectivity index (χ0n) is 13.2. The summed E-state index contributed by atoms with van der Waals surface area (Å²) < 4.78 is 46.0. The monoisotopic (exact) mass is 358 g/mol. The molecule has 0 amide bonds. The Labute approximate surface area is 144 Å². The van der Waals surface area contributed by atoms with Crippen molar-refractivity contribution in [3.8, 4) is 17.2 Å². The quantitative estimate of drug-likeness (QED) is 0.509. The lowest BCUT2D eigenvalue weighted by molar-refractivity contribution is -0.274. The molecule has 2 rings (SSSR count). The highest BCUT2D eigenvalue weighted by Crippen LogP contribution is 2.34. The normalized spacial score (nSPS) is 11.4. The van der Waals surface area contributed by atoms with Crippen LogP contribution in [0.3, 0.4) is 0 Å². The molecule has 0 aromatic heterocycles. The van der Waals surface area contributed by atoms with Gasteiger partial charge in [0.15, 0.2) is 0 Å². The highest BCUT2D eigenvalue weighted by Gasteiger charge is 2.32. The lowest BCUT2D eigenvalue weighted by atomic mass is 10.1. The van der Waals surface area contributed by atoms with E-state index in [1.807, 2.05) is 24.3 Å². The van der Waals surface area contributed by atoms with Gasteiger partial charge >= 0.3 is 6.36 Å². The fourth-order valence-electron chi connectivity index (χ4n) is 2.19. The van der Waals surface area contributed by atoms with E-state index >= 15 is 0 Å². The van der Waals surface area contributed by atoms with Crippen LogP contribution in [0.2, 0.25) is 5.02 Å². The Morgan fingerprint density at radius 1 is 0.958 bits per heavy atom. The van der Waals surface area contributed by atoms with Crippen LogP contribution in [0.5, 0.6) is 17.2 Å². The molecule has 130 valence electrons. The zero-order chi connectivity index (χ0) is 17.6. The van der Waals surface area contributed by atoms with Gasteiger partial charge in [-0.2, -0.15) is 0 Å². The van der Waals surface area contributed by atoms with E-state index in [0.717, 1.165) is 18.9 Å². The van der Waals surface area contributed by atoms with Gasteiger partial charge in [-0.3, -0.25) is 0 Å². The number of benzene rings is 2. The van der Waals surface area contributed by atoms with Crippen LogP contribution in [-0.4, -0.2) is 6.36 Å². The van der Waals surface area contributed by atoms with Gasteiger partial charge < -0.3 is 9.47 Å². The third-order valence-corrected chi connectivity index (χ3v) is 3.65. The Morgan fingerprint density at radius 3 is 2.21 bits per heavy atom. The standard InChI is InChI=1S/C18H18ClF3O2/c1-2-3-4-5-13-6-8-14(9-7-13)23-15-10-11-17(16(19)12-15)24-18(20,21)22/h6-12H,2-5H2,1H3. The predicted octanol–water partition coefficient (Wildman–Crippen LogP) is 6.76. The second-order valence-electron chi connectivity index (χ2n) is 5.34. The molecule has 0 aliphatic carbocycles. The first kappa shape index (κ1) is 18.5. The smallest absolute Gasteiger partial charge is 0.457 e. The average Bonchev–Trinajstić information content (AvgIpc) is 2.51. The number of hydrogen-bond acceptors (Lipinski definition) is 2. The molecule has 0 N–H and O–H groups in total. The van der Waals surface area contributed by atoms with Crippen molar-refractivity contribution in [2.24, 2.45) is 0 Å². The summed E-state index contributed by atoms with van der Waals surface area (Å²) in [7, 11) is 0. The lowest BCUT2D eigenvalue weighted by Crippen LogP contribution is -2.17. The molecular formula is C18H18ClF3O2. The summed E-state index contributed by atoms with van der Waals surface area (Å²) in [6.45, 7) is 2.16. The fraction of sp³-hybridized carbons (Fsp3) is 0.333. The van der Waals surface area contributed by atoms with Gasteiger partial charge in [0.1, 0.15) is 17.2 Å². The number of ether oxygens (including phenoxy) is 2. The molecule has 0 radical (unpaired) electrons. The fourth-order valence-corrected chi connectivity index (χ4v) is 2.40. The van der Waals surface area contributed by atoms with Crippen molar-refractivity contribution >= 4 is 11.6 Å². The van der Waals surface area contributed by atoms with Crippen molar-refractivity contribution in [3.05, 3.63) is 53.1 Å². The summed E-state index contributed by atoms with van der Waals surface area (Å²) in [5.74, 6) is 0.478. The topological polar surface area (TPSA) is 18.5 Å². The van der Waals surface area contributed by atoms with E-state index in [2.05, 4.69) is 11.7 Å². The maximum Gasteiger partial charge on any atom is 0.573 e. The van der Waals surface area contributed by atoms with Crippen molar-refractivity contribution in [3.63, 3.8) is 0 Å². The second kappa shape index (κ2) is 8.29. The summed E-state index contributed by atoms with van der Waals surface area (Å²) in [5, 5.41) is -0.166. The van der Waals surface area contributed by atoms with Crippen LogP contribution >= 0.6 is 11.6 Å². The van der Waals surface area contributed by atoms with E-state index < -0.39 is 12.1 Å². The van der Waals surface area contributed by atoms with Crippen LogP contribution < -0.4 is 9.47 Å². The van der Waals surface area contributed by atoms with Gasteiger partial charge in [-0.15, -0.1) is 13.2 Å². The molecule has 24 heavy (non-hydrogen) atoms. The van der Waals surface area contributed by atoms with E-state index in [9.17, 15) is 13.2 Å². The van der Waals surface area contributed by atoms with E-state index in [4.69, 9.17) is 16.3 Å². The van der Waals surface area contributed by atoms with Gasteiger partial charge in [-0.25, -0.2) is 0 Å². The van der Waals surface area contributed by atoms with Crippen LogP contribution in [0.25, 0.3) is 0 Å². The van der Waals surface area contributed by atoms with Crippen LogP contribution in [-0.2, 0) is 6.42 Å². The number of rotatable bonds is 7. The first-order valence-corrected chi connectivity index (χ1v) is 8.07. The molecule has 0 aliphatic heterocycles. The molecule has 0 spiro atoms. The molecule has 6 heteroatoms. The first-order chi connectivity index (χ1) is 11.4. The Balaban J connectivity index is 1.99. The van der Waals surface area contributed by atoms with E-state index in [1.165, 1.54) is 30.5 Å². The lowest BCUT2D eigenvalue weighted by Gasteiger charge is -2.12. The van der Waals surface area contributed by atoms with Crippen molar-refractivity contribution in [2.45, 2.75) is 39.0 Å². The minimum atomic E-state index is -4.78. The summed E-state index contributed by atoms with van der Waals surface area (Å²) in [6.07, 6.45) is -0.241. The van der Waals surface area contributed by atoms with E-state index in [-0.39, 0.29) is 5.02 Å². The number of unbranched alkanes of at least 4 members (excludes halogenated alkanes) is 2. The molecule has 0 unspecified atom stereocenters. The molecule has 0 fully saturated rings. The molecule has 2 aromatic rings. The van der Waals surface area contributed by atoms with Crippen molar-refractivity contribution in [2.75, 3.05) is 0 Å². The molecule has 0 saturated carbocycles. The van der Waals surface area contributed by atoms with Gasteiger partial charge in [0.25, 0.3) is 0 Å². The molecule has 0 atom stereocenters. The number of halogens is 4.